The highest BCUT2D eigenvalue weighted by Gasteiger charge is 2.31. The number of thioether (sulfide) groups is 1. The topological polar surface area (TPSA) is 66.1 Å². The van der Waals surface area contributed by atoms with E-state index in [0.717, 1.165) is 33.3 Å². The van der Waals surface area contributed by atoms with E-state index in [2.05, 4.69) is 9.97 Å². The number of pyridine rings is 1. The number of rotatable bonds is 1. The van der Waals surface area contributed by atoms with Gasteiger partial charge in [0.15, 0.2) is 0 Å². The van der Waals surface area contributed by atoms with Crippen molar-refractivity contribution in [3.05, 3.63) is 35.0 Å². The molecule has 2 amide bonds. The second kappa shape index (κ2) is 3.99. The molecule has 1 aliphatic rings. The van der Waals surface area contributed by atoms with Crippen LogP contribution < -0.4 is 0 Å². The highest BCUT2D eigenvalue weighted by Crippen LogP contribution is 2.32. The fourth-order valence-electron chi connectivity index (χ4n) is 1.77. The molecule has 0 aliphatic carbocycles. The van der Waals surface area contributed by atoms with Crippen molar-refractivity contribution in [2.75, 3.05) is 7.05 Å². The number of nitrogens with one attached hydrogen (secondary N) is 1. The summed E-state index contributed by atoms with van der Waals surface area (Å²) in [6, 6.07) is 3.74. The zero-order valence-electron chi connectivity index (χ0n) is 9.51. The van der Waals surface area contributed by atoms with Crippen molar-refractivity contribution in [2.24, 2.45) is 0 Å². The number of nitrogens with zero attached hydrogens (tertiary/aromatic N) is 2. The zero-order chi connectivity index (χ0) is 12.7. The Bertz CT molecular complexity index is 689. The predicted octanol–water partition coefficient (Wildman–Crippen LogP) is 2.23. The molecule has 2 aromatic heterocycles. The van der Waals surface area contributed by atoms with E-state index in [4.69, 9.17) is 0 Å². The summed E-state index contributed by atoms with van der Waals surface area (Å²) >= 11 is 0.945. The molecule has 1 aliphatic heterocycles. The summed E-state index contributed by atoms with van der Waals surface area (Å²) in [5.74, 6) is -0.268. The molecule has 6 heteroatoms. The maximum atomic E-state index is 11.8. The Morgan fingerprint density at radius 1 is 1.44 bits per heavy atom. The third-order valence-corrected chi connectivity index (χ3v) is 3.70. The van der Waals surface area contributed by atoms with Gasteiger partial charge in [0.25, 0.3) is 11.1 Å². The Hall–Kier alpha value is -2.08. The van der Waals surface area contributed by atoms with Crippen LogP contribution in [0.4, 0.5) is 4.79 Å². The molecule has 0 bridgehead atoms. The number of hydrogen-bond acceptors (Lipinski definition) is 4. The molecule has 0 aromatic carbocycles. The summed E-state index contributed by atoms with van der Waals surface area (Å²) in [6.45, 7) is 0. The molecular weight excluding hydrogens is 250 g/mol. The lowest BCUT2D eigenvalue weighted by Crippen LogP contribution is -2.22. The lowest BCUT2D eigenvalue weighted by atomic mass is 10.2. The molecule has 18 heavy (non-hydrogen) atoms. The largest absolute Gasteiger partial charge is 0.359 e. The number of amides is 2. The van der Waals surface area contributed by atoms with Gasteiger partial charge in [-0.15, -0.1) is 0 Å². The SMILES string of the molecule is CN1C(=O)S/C(=C\c2c[nH]c3cccnc23)C1=O. The molecule has 0 unspecified atom stereocenters. The molecule has 0 saturated carbocycles. The first kappa shape index (κ1) is 11.0. The van der Waals surface area contributed by atoms with Gasteiger partial charge in [-0.1, -0.05) is 0 Å². The molecule has 1 fully saturated rings. The molecular formula is C12H9N3O2S. The third kappa shape index (κ3) is 1.62. The average molecular weight is 259 g/mol. The van der Waals surface area contributed by atoms with E-state index in [1.54, 1.807) is 18.5 Å². The van der Waals surface area contributed by atoms with E-state index < -0.39 is 0 Å². The summed E-state index contributed by atoms with van der Waals surface area (Å²) in [5.41, 5.74) is 2.50. The number of aromatic nitrogens is 2. The Labute approximate surface area is 107 Å². The number of likely N-dealkylation sites (N-methyl/N-ethyl adjacent to an activating group) is 1. The zero-order valence-corrected chi connectivity index (χ0v) is 10.3. The smallest absolute Gasteiger partial charge is 0.293 e. The molecule has 3 rings (SSSR count). The molecule has 1 N–H and O–H groups in total. The summed E-state index contributed by atoms with van der Waals surface area (Å²) in [6.07, 6.45) is 5.17. The summed E-state index contributed by atoms with van der Waals surface area (Å²) < 4.78 is 0. The van der Waals surface area contributed by atoms with Crippen molar-refractivity contribution >= 4 is 40.0 Å². The van der Waals surface area contributed by atoms with Crippen molar-refractivity contribution in [3.8, 4) is 0 Å². The van der Waals surface area contributed by atoms with Crippen LogP contribution in [0.3, 0.4) is 0 Å². The van der Waals surface area contributed by atoms with E-state index in [1.165, 1.54) is 7.05 Å². The van der Waals surface area contributed by atoms with Crippen LogP contribution in [0.1, 0.15) is 5.56 Å². The molecule has 90 valence electrons. The number of carbonyl (C=O) groups is 2. The highest BCUT2D eigenvalue weighted by molar-refractivity contribution is 8.18. The van der Waals surface area contributed by atoms with E-state index in [-0.39, 0.29) is 11.1 Å². The summed E-state index contributed by atoms with van der Waals surface area (Å²) in [5, 5.41) is -0.251. The number of H-pyrrole nitrogens is 1. The minimum Gasteiger partial charge on any atom is -0.359 e. The monoisotopic (exact) mass is 259 g/mol. The van der Waals surface area contributed by atoms with Crippen LogP contribution in [0.15, 0.2) is 29.4 Å². The van der Waals surface area contributed by atoms with Crippen molar-refractivity contribution in [1.82, 2.24) is 14.9 Å². The van der Waals surface area contributed by atoms with Crippen molar-refractivity contribution in [2.45, 2.75) is 0 Å². The Morgan fingerprint density at radius 3 is 3.00 bits per heavy atom. The number of hydrogen-bond donors (Lipinski definition) is 1. The first-order valence-electron chi connectivity index (χ1n) is 5.30. The standard InChI is InChI=1S/C12H9N3O2S/c1-15-11(16)9(18-12(15)17)5-7-6-14-8-3-2-4-13-10(7)8/h2-6,14H,1H3/b9-5-. The first-order valence-corrected chi connectivity index (χ1v) is 6.12. The lowest BCUT2D eigenvalue weighted by Gasteiger charge is -2.00. The molecule has 3 heterocycles. The van der Waals surface area contributed by atoms with Crippen molar-refractivity contribution in [3.63, 3.8) is 0 Å². The van der Waals surface area contributed by atoms with Crippen LogP contribution in [-0.4, -0.2) is 33.1 Å². The predicted molar refractivity (Wildman–Crippen MR) is 69.8 cm³/mol. The van der Waals surface area contributed by atoms with Gasteiger partial charge in [0, 0.05) is 25.0 Å². The van der Waals surface area contributed by atoms with Crippen molar-refractivity contribution < 1.29 is 9.59 Å². The average Bonchev–Trinajstić information content (AvgIpc) is 2.89. The maximum absolute atomic E-state index is 11.8. The van der Waals surface area contributed by atoms with Gasteiger partial charge in [-0.3, -0.25) is 19.5 Å². The molecule has 1 saturated heterocycles. The lowest BCUT2D eigenvalue weighted by molar-refractivity contribution is -0.121. The number of aromatic amines is 1. The normalized spacial score (nSPS) is 18.3. The minimum absolute atomic E-state index is 0.251. The van der Waals surface area contributed by atoms with Gasteiger partial charge in [0.2, 0.25) is 0 Å². The number of carbonyl (C=O) groups excluding carboxylic acids is 2. The van der Waals surface area contributed by atoms with E-state index in [9.17, 15) is 9.59 Å². The van der Waals surface area contributed by atoms with Crippen LogP contribution >= 0.6 is 11.8 Å². The van der Waals surface area contributed by atoms with Gasteiger partial charge in [0.1, 0.15) is 0 Å². The molecule has 2 aromatic rings. The fourth-order valence-corrected chi connectivity index (χ4v) is 2.59. The van der Waals surface area contributed by atoms with E-state index in [0.29, 0.717) is 4.91 Å². The molecule has 0 spiro atoms. The summed E-state index contributed by atoms with van der Waals surface area (Å²) in [4.78, 5) is 32.0. The third-order valence-electron chi connectivity index (χ3n) is 2.74. The van der Waals surface area contributed by atoms with Gasteiger partial charge in [-0.25, -0.2) is 0 Å². The molecule has 0 radical (unpaired) electrons. The van der Waals surface area contributed by atoms with Crippen LogP contribution in [-0.2, 0) is 4.79 Å². The molecule has 0 atom stereocenters. The first-order chi connectivity index (χ1) is 8.66. The van der Waals surface area contributed by atoms with Crippen LogP contribution in [0, 0.1) is 0 Å². The quantitative estimate of drug-likeness (QED) is 0.797. The van der Waals surface area contributed by atoms with E-state index in [1.807, 2.05) is 12.1 Å². The van der Waals surface area contributed by atoms with Crippen LogP contribution in [0.25, 0.3) is 17.1 Å². The molecule has 5 nitrogen and oxygen atoms in total. The van der Waals surface area contributed by atoms with Gasteiger partial charge in [-0.05, 0) is 30.0 Å². The van der Waals surface area contributed by atoms with Gasteiger partial charge in [0.05, 0.1) is 15.9 Å². The second-order valence-corrected chi connectivity index (χ2v) is 4.88. The second-order valence-electron chi connectivity index (χ2n) is 3.88. The highest BCUT2D eigenvalue weighted by atomic mass is 32.2. The fraction of sp³-hybridized carbons (Fsp3) is 0.0833. The van der Waals surface area contributed by atoms with Gasteiger partial charge < -0.3 is 4.98 Å². The Balaban J connectivity index is 2.07. The summed E-state index contributed by atoms with van der Waals surface area (Å²) in [7, 11) is 1.48. The number of imide groups is 1. The van der Waals surface area contributed by atoms with Gasteiger partial charge in [-0.2, -0.15) is 0 Å². The van der Waals surface area contributed by atoms with Gasteiger partial charge >= 0.3 is 0 Å². The van der Waals surface area contributed by atoms with Crippen LogP contribution in [0.5, 0.6) is 0 Å². The van der Waals surface area contributed by atoms with E-state index >= 15 is 0 Å². The van der Waals surface area contributed by atoms with Crippen LogP contribution in [0.2, 0.25) is 0 Å². The minimum atomic E-state index is -0.268. The maximum Gasteiger partial charge on any atom is 0.293 e. The number of fused-ring (bicyclic) bond motifs is 1. The van der Waals surface area contributed by atoms with Crippen molar-refractivity contribution in [1.29, 1.82) is 0 Å². The Morgan fingerprint density at radius 2 is 2.28 bits per heavy atom. The Kier molecular flexibility index (Phi) is 2.45.